The number of amides is 1. The molecule has 1 aliphatic rings. The van der Waals surface area contributed by atoms with E-state index >= 15 is 0 Å². The Morgan fingerprint density at radius 1 is 1.07 bits per heavy atom. The molecule has 0 unspecified atom stereocenters. The molecule has 0 bridgehead atoms. The second-order valence-corrected chi connectivity index (χ2v) is 6.70. The van der Waals surface area contributed by atoms with Crippen molar-refractivity contribution in [1.82, 2.24) is 10.2 Å². The standard InChI is InChI=1S/C21H24N2O4/c24-20(22-13-16-6-8-18(9-7-16)21(25)26)12-19-15-23(10-11-27-19)14-17-4-2-1-3-5-17/h1-9,19H,10-15H2,(H,22,24)(H,25,26)/t19-/m1/s1. The molecule has 27 heavy (non-hydrogen) atoms. The van der Waals surface area contributed by atoms with Crippen molar-refractivity contribution >= 4 is 11.9 Å². The van der Waals surface area contributed by atoms with Crippen molar-refractivity contribution in [2.45, 2.75) is 25.6 Å². The van der Waals surface area contributed by atoms with Crippen molar-refractivity contribution in [2.24, 2.45) is 0 Å². The number of nitrogens with zero attached hydrogens (tertiary/aromatic N) is 1. The normalized spacial score (nSPS) is 17.4. The number of nitrogens with one attached hydrogen (secondary N) is 1. The van der Waals surface area contributed by atoms with E-state index in [4.69, 9.17) is 9.84 Å². The van der Waals surface area contributed by atoms with Gasteiger partial charge in [0.1, 0.15) is 0 Å². The Bertz CT molecular complexity index is 762. The lowest BCUT2D eigenvalue weighted by Crippen LogP contribution is -2.44. The van der Waals surface area contributed by atoms with E-state index in [2.05, 4.69) is 22.3 Å². The first-order valence-electron chi connectivity index (χ1n) is 9.07. The Hall–Kier alpha value is -2.70. The molecule has 0 saturated carbocycles. The van der Waals surface area contributed by atoms with E-state index in [1.54, 1.807) is 12.1 Å². The smallest absolute Gasteiger partial charge is 0.335 e. The monoisotopic (exact) mass is 368 g/mol. The first-order chi connectivity index (χ1) is 13.1. The second-order valence-electron chi connectivity index (χ2n) is 6.70. The highest BCUT2D eigenvalue weighted by Gasteiger charge is 2.22. The van der Waals surface area contributed by atoms with Crippen LogP contribution in [0.25, 0.3) is 0 Å². The molecule has 1 heterocycles. The molecule has 6 nitrogen and oxygen atoms in total. The summed E-state index contributed by atoms with van der Waals surface area (Å²) in [5, 5.41) is 11.8. The summed E-state index contributed by atoms with van der Waals surface area (Å²) in [5.41, 5.74) is 2.36. The van der Waals surface area contributed by atoms with E-state index in [9.17, 15) is 9.59 Å². The van der Waals surface area contributed by atoms with Crippen LogP contribution in [-0.2, 0) is 22.6 Å². The molecule has 1 atom stereocenters. The largest absolute Gasteiger partial charge is 0.478 e. The number of carbonyl (C=O) groups is 2. The van der Waals surface area contributed by atoms with Crippen molar-refractivity contribution in [1.29, 1.82) is 0 Å². The maximum Gasteiger partial charge on any atom is 0.335 e. The maximum atomic E-state index is 12.2. The van der Waals surface area contributed by atoms with Gasteiger partial charge >= 0.3 is 5.97 Å². The van der Waals surface area contributed by atoms with Crippen LogP contribution in [0.4, 0.5) is 0 Å². The number of hydrogen-bond donors (Lipinski definition) is 2. The summed E-state index contributed by atoms with van der Waals surface area (Å²) in [6.07, 6.45) is 0.204. The minimum Gasteiger partial charge on any atom is -0.478 e. The first kappa shape index (κ1) is 19.1. The molecule has 0 aromatic heterocycles. The zero-order chi connectivity index (χ0) is 19.1. The zero-order valence-electron chi connectivity index (χ0n) is 15.1. The summed E-state index contributed by atoms with van der Waals surface area (Å²) in [5.74, 6) is -1.02. The van der Waals surface area contributed by atoms with E-state index < -0.39 is 5.97 Å². The van der Waals surface area contributed by atoms with Gasteiger partial charge in [-0.25, -0.2) is 4.79 Å². The van der Waals surface area contributed by atoms with Gasteiger partial charge in [-0.3, -0.25) is 9.69 Å². The van der Waals surface area contributed by atoms with Crippen molar-refractivity contribution in [2.75, 3.05) is 19.7 Å². The minimum atomic E-state index is -0.958. The molecule has 2 aromatic rings. The first-order valence-corrected chi connectivity index (χ1v) is 9.07. The molecule has 0 radical (unpaired) electrons. The SMILES string of the molecule is O=C(C[C@@H]1CN(Cc2ccccc2)CCO1)NCc1ccc(C(=O)O)cc1. The van der Waals surface area contributed by atoms with Gasteiger partial charge in [-0.2, -0.15) is 0 Å². The van der Waals surface area contributed by atoms with E-state index in [1.807, 2.05) is 18.2 Å². The van der Waals surface area contributed by atoms with Crippen molar-refractivity contribution in [3.8, 4) is 0 Å². The average Bonchev–Trinajstić information content (AvgIpc) is 2.68. The van der Waals surface area contributed by atoms with Gasteiger partial charge in [0, 0.05) is 26.2 Å². The Kier molecular flexibility index (Phi) is 6.57. The molecule has 0 aliphatic carbocycles. The van der Waals surface area contributed by atoms with Crippen LogP contribution >= 0.6 is 0 Å². The zero-order valence-corrected chi connectivity index (χ0v) is 15.1. The highest BCUT2D eigenvalue weighted by atomic mass is 16.5. The predicted molar refractivity (Wildman–Crippen MR) is 101 cm³/mol. The number of carbonyl (C=O) groups excluding carboxylic acids is 1. The maximum absolute atomic E-state index is 12.2. The molecular formula is C21H24N2O4. The molecule has 6 heteroatoms. The topological polar surface area (TPSA) is 78.9 Å². The minimum absolute atomic E-state index is 0.0659. The van der Waals surface area contributed by atoms with Gasteiger partial charge in [0.25, 0.3) is 0 Å². The fraction of sp³-hybridized carbons (Fsp3) is 0.333. The fourth-order valence-corrected chi connectivity index (χ4v) is 3.13. The number of rotatable bonds is 7. The van der Waals surface area contributed by atoms with Crippen LogP contribution in [0.15, 0.2) is 54.6 Å². The summed E-state index contributed by atoms with van der Waals surface area (Å²) in [6, 6.07) is 16.8. The third-order valence-corrected chi connectivity index (χ3v) is 4.58. The molecule has 1 amide bonds. The van der Waals surface area contributed by atoms with Gasteiger partial charge in [-0.1, -0.05) is 42.5 Å². The fourth-order valence-electron chi connectivity index (χ4n) is 3.13. The highest BCUT2D eigenvalue weighted by molar-refractivity contribution is 5.87. The Balaban J connectivity index is 1.43. The Morgan fingerprint density at radius 3 is 2.52 bits per heavy atom. The van der Waals surface area contributed by atoms with E-state index in [1.165, 1.54) is 17.7 Å². The van der Waals surface area contributed by atoms with Crippen LogP contribution < -0.4 is 5.32 Å². The van der Waals surface area contributed by atoms with Crippen LogP contribution in [0, 0.1) is 0 Å². The third kappa shape index (κ3) is 5.91. The van der Waals surface area contributed by atoms with Crippen LogP contribution in [0.3, 0.4) is 0 Å². The average molecular weight is 368 g/mol. The summed E-state index contributed by atoms with van der Waals surface area (Å²) < 4.78 is 5.74. The third-order valence-electron chi connectivity index (χ3n) is 4.58. The lowest BCUT2D eigenvalue weighted by atomic mass is 10.1. The molecule has 2 N–H and O–H groups in total. The number of morpholine rings is 1. The van der Waals surface area contributed by atoms with Gasteiger partial charge in [0.05, 0.1) is 24.7 Å². The Labute approximate surface area is 158 Å². The molecule has 3 rings (SSSR count). The number of aromatic carboxylic acids is 1. The lowest BCUT2D eigenvalue weighted by molar-refractivity contribution is -0.126. The number of carboxylic acids is 1. The highest BCUT2D eigenvalue weighted by Crippen LogP contribution is 2.13. The van der Waals surface area contributed by atoms with Gasteiger partial charge in [-0.05, 0) is 23.3 Å². The van der Waals surface area contributed by atoms with Crippen LogP contribution in [-0.4, -0.2) is 47.7 Å². The number of ether oxygens (including phenoxy) is 1. The van der Waals surface area contributed by atoms with E-state index in [0.717, 1.165) is 25.2 Å². The predicted octanol–water partition coefficient (Wildman–Crippen LogP) is 2.29. The van der Waals surface area contributed by atoms with E-state index in [0.29, 0.717) is 19.6 Å². The summed E-state index contributed by atoms with van der Waals surface area (Å²) in [6.45, 7) is 3.46. The van der Waals surface area contributed by atoms with Gasteiger partial charge in [0.2, 0.25) is 5.91 Å². The van der Waals surface area contributed by atoms with Crippen molar-refractivity contribution in [3.05, 3.63) is 71.3 Å². The molecule has 1 fully saturated rings. The lowest BCUT2D eigenvalue weighted by Gasteiger charge is -2.32. The Morgan fingerprint density at radius 2 is 1.81 bits per heavy atom. The number of benzene rings is 2. The van der Waals surface area contributed by atoms with Crippen LogP contribution in [0.5, 0.6) is 0 Å². The summed E-state index contributed by atoms with van der Waals surface area (Å²) >= 11 is 0. The quantitative estimate of drug-likeness (QED) is 0.784. The number of carboxylic acid groups (broad SMARTS) is 1. The van der Waals surface area contributed by atoms with Crippen LogP contribution in [0.1, 0.15) is 27.9 Å². The van der Waals surface area contributed by atoms with Gasteiger partial charge in [-0.15, -0.1) is 0 Å². The van der Waals surface area contributed by atoms with Crippen molar-refractivity contribution < 1.29 is 19.4 Å². The van der Waals surface area contributed by atoms with E-state index in [-0.39, 0.29) is 17.6 Å². The molecule has 1 aliphatic heterocycles. The summed E-state index contributed by atoms with van der Waals surface area (Å²) in [7, 11) is 0. The molecule has 0 spiro atoms. The number of hydrogen-bond acceptors (Lipinski definition) is 4. The molecule has 1 saturated heterocycles. The van der Waals surface area contributed by atoms with Crippen molar-refractivity contribution in [3.63, 3.8) is 0 Å². The van der Waals surface area contributed by atoms with Gasteiger partial charge in [0.15, 0.2) is 0 Å². The molecule has 2 aromatic carbocycles. The molecular weight excluding hydrogens is 344 g/mol. The van der Waals surface area contributed by atoms with Crippen LogP contribution in [0.2, 0.25) is 0 Å². The second kappa shape index (κ2) is 9.30. The van der Waals surface area contributed by atoms with Gasteiger partial charge < -0.3 is 15.2 Å². The summed E-state index contributed by atoms with van der Waals surface area (Å²) in [4.78, 5) is 25.4. The molecule has 142 valence electrons.